The van der Waals surface area contributed by atoms with Gasteiger partial charge in [0.25, 0.3) is 10.0 Å². The maximum absolute atomic E-state index is 12.4. The van der Waals surface area contributed by atoms with Crippen LogP contribution in [-0.2, 0) is 10.0 Å². The van der Waals surface area contributed by atoms with E-state index in [0.717, 1.165) is 25.2 Å². The van der Waals surface area contributed by atoms with Gasteiger partial charge in [-0.25, -0.2) is 13.4 Å². The first-order valence-corrected chi connectivity index (χ1v) is 9.87. The minimum absolute atomic E-state index is 0.124. The molecule has 1 aliphatic heterocycles. The molecule has 2 heterocycles. The van der Waals surface area contributed by atoms with Gasteiger partial charge in [-0.3, -0.25) is 4.72 Å². The van der Waals surface area contributed by atoms with Crippen LogP contribution in [0.15, 0.2) is 34.7 Å². The lowest BCUT2D eigenvalue weighted by atomic mass is 10.2. The number of hydrogen-bond donors (Lipinski definition) is 2. The molecule has 124 valence electrons. The first-order chi connectivity index (χ1) is 11.0. The number of likely N-dealkylation sites (N-methyl/N-ethyl adjacent to an activating group) is 1. The highest BCUT2D eigenvalue weighted by Crippen LogP contribution is 2.30. The van der Waals surface area contributed by atoms with Gasteiger partial charge in [-0.2, -0.15) is 0 Å². The van der Waals surface area contributed by atoms with E-state index < -0.39 is 10.0 Å². The molecule has 6 nitrogen and oxygen atoms in total. The van der Waals surface area contributed by atoms with Crippen LogP contribution in [0.5, 0.6) is 0 Å². The summed E-state index contributed by atoms with van der Waals surface area (Å²) in [5.74, 6) is 0. The van der Waals surface area contributed by atoms with Gasteiger partial charge in [0.15, 0.2) is 5.13 Å². The Hall–Kier alpha value is -1.35. The molecule has 3 rings (SSSR count). The van der Waals surface area contributed by atoms with Crippen molar-refractivity contribution in [2.24, 2.45) is 0 Å². The van der Waals surface area contributed by atoms with Gasteiger partial charge in [0, 0.05) is 31.2 Å². The molecule has 1 aromatic carbocycles. The summed E-state index contributed by atoms with van der Waals surface area (Å²) in [6.07, 6.45) is 2.58. The Morgan fingerprint density at radius 1 is 1.48 bits per heavy atom. The van der Waals surface area contributed by atoms with E-state index in [4.69, 9.17) is 11.6 Å². The Balaban J connectivity index is 1.83. The summed E-state index contributed by atoms with van der Waals surface area (Å²) in [6.45, 7) is 1.88. The summed E-state index contributed by atoms with van der Waals surface area (Å²) in [7, 11) is -1.71. The second-order valence-electron chi connectivity index (χ2n) is 5.31. The van der Waals surface area contributed by atoms with Gasteiger partial charge in [0.2, 0.25) is 0 Å². The highest BCUT2D eigenvalue weighted by molar-refractivity contribution is 7.93. The van der Waals surface area contributed by atoms with Crippen LogP contribution in [0.2, 0.25) is 5.02 Å². The van der Waals surface area contributed by atoms with Gasteiger partial charge in [-0.05, 0) is 31.2 Å². The molecule has 0 radical (unpaired) electrons. The first-order valence-electron chi connectivity index (χ1n) is 7.13. The molecule has 2 N–H and O–H groups in total. The minimum atomic E-state index is -3.68. The van der Waals surface area contributed by atoms with Gasteiger partial charge in [-0.1, -0.05) is 11.6 Å². The molecule has 23 heavy (non-hydrogen) atoms. The maximum Gasteiger partial charge on any atom is 0.263 e. The summed E-state index contributed by atoms with van der Waals surface area (Å²) in [6, 6.07) is 5.15. The molecule has 2 aromatic rings. The summed E-state index contributed by atoms with van der Waals surface area (Å²) in [5.41, 5.74) is 0.827. The molecule has 1 aliphatic rings. The van der Waals surface area contributed by atoms with Crippen molar-refractivity contribution in [2.75, 3.05) is 29.8 Å². The molecule has 1 unspecified atom stereocenters. The Bertz CT molecular complexity index is 774. The number of nitrogens with zero attached hydrogens (tertiary/aromatic N) is 2. The van der Waals surface area contributed by atoms with Crippen molar-refractivity contribution in [1.82, 2.24) is 10.3 Å². The third kappa shape index (κ3) is 3.60. The number of hydrogen-bond acceptors (Lipinski definition) is 6. The molecule has 1 aromatic heterocycles. The number of sulfonamides is 1. The van der Waals surface area contributed by atoms with Gasteiger partial charge in [-0.15, -0.1) is 11.3 Å². The van der Waals surface area contributed by atoms with Crippen molar-refractivity contribution < 1.29 is 8.42 Å². The van der Waals surface area contributed by atoms with Crippen LogP contribution >= 0.6 is 22.9 Å². The first kappa shape index (κ1) is 16.5. The molecule has 0 amide bonds. The lowest BCUT2D eigenvalue weighted by Crippen LogP contribution is -2.33. The Labute approximate surface area is 144 Å². The summed E-state index contributed by atoms with van der Waals surface area (Å²) < 4.78 is 27.2. The van der Waals surface area contributed by atoms with Gasteiger partial charge in [0.1, 0.15) is 0 Å². The van der Waals surface area contributed by atoms with Gasteiger partial charge in [0.05, 0.1) is 15.6 Å². The van der Waals surface area contributed by atoms with Crippen LogP contribution in [0.1, 0.15) is 6.42 Å². The third-order valence-electron chi connectivity index (χ3n) is 3.85. The second-order valence-corrected chi connectivity index (χ2v) is 8.30. The summed E-state index contributed by atoms with van der Waals surface area (Å²) in [5, 5.41) is 5.76. The van der Waals surface area contributed by atoms with Crippen molar-refractivity contribution in [1.29, 1.82) is 0 Å². The average molecular weight is 373 g/mol. The predicted octanol–water partition coefficient (Wildman–Crippen LogP) is 2.40. The maximum atomic E-state index is 12.4. The zero-order chi connectivity index (χ0) is 16.4. The molecule has 0 aliphatic carbocycles. The van der Waals surface area contributed by atoms with E-state index in [2.05, 4.69) is 19.9 Å². The van der Waals surface area contributed by atoms with Crippen LogP contribution < -0.4 is 14.9 Å². The molecule has 1 fully saturated rings. The van der Waals surface area contributed by atoms with E-state index in [0.29, 0.717) is 16.2 Å². The normalized spacial score (nSPS) is 18.1. The van der Waals surface area contributed by atoms with E-state index >= 15 is 0 Å². The van der Waals surface area contributed by atoms with Crippen molar-refractivity contribution in [3.05, 3.63) is 34.8 Å². The fourth-order valence-electron chi connectivity index (χ4n) is 2.56. The SMILES string of the molecule is CN(c1ccc(S(=O)(=O)Nc2nccs2)cc1Cl)C1CCNC1. The number of halogens is 1. The molecule has 0 bridgehead atoms. The Morgan fingerprint density at radius 3 is 2.91 bits per heavy atom. The lowest BCUT2D eigenvalue weighted by Gasteiger charge is -2.27. The number of benzene rings is 1. The fraction of sp³-hybridized carbons (Fsp3) is 0.357. The Morgan fingerprint density at radius 2 is 2.30 bits per heavy atom. The topological polar surface area (TPSA) is 74.3 Å². The smallest absolute Gasteiger partial charge is 0.263 e. The van der Waals surface area contributed by atoms with Gasteiger partial charge < -0.3 is 10.2 Å². The van der Waals surface area contributed by atoms with Crippen molar-refractivity contribution in [3.8, 4) is 0 Å². The van der Waals surface area contributed by atoms with Crippen LogP contribution in [0.4, 0.5) is 10.8 Å². The number of rotatable bonds is 5. The molecule has 1 saturated heterocycles. The van der Waals surface area contributed by atoms with E-state index in [1.807, 2.05) is 7.05 Å². The third-order valence-corrected chi connectivity index (χ3v) is 6.30. The van der Waals surface area contributed by atoms with Crippen LogP contribution in [0, 0.1) is 0 Å². The van der Waals surface area contributed by atoms with E-state index in [1.165, 1.54) is 17.4 Å². The number of anilines is 2. The van der Waals surface area contributed by atoms with Crippen LogP contribution in [0.3, 0.4) is 0 Å². The molecule has 0 spiro atoms. The predicted molar refractivity (Wildman–Crippen MR) is 94.1 cm³/mol. The Kier molecular flexibility index (Phi) is 4.77. The number of thiazole rings is 1. The molecule has 9 heteroatoms. The van der Waals surface area contributed by atoms with Gasteiger partial charge >= 0.3 is 0 Å². The fourth-order valence-corrected chi connectivity index (χ4v) is 4.75. The second kappa shape index (κ2) is 6.64. The van der Waals surface area contributed by atoms with Crippen molar-refractivity contribution >= 4 is 43.8 Å². The highest BCUT2D eigenvalue weighted by Gasteiger charge is 2.23. The molecular formula is C14H17ClN4O2S2. The van der Waals surface area contributed by atoms with Crippen LogP contribution in [-0.4, -0.2) is 39.6 Å². The molecule has 0 saturated carbocycles. The van der Waals surface area contributed by atoms with E-state index in [1.54, 1.807) is 23.7 Å². The van der Waals surface area contributed by atoms with Crippen molar-refractivity contribution in [3.63, 3.8) is 0 Å². The summed E-state index contributed by atoms with van der Waals surface area (Å²) in [4.78, 5) is 6.14. The van der Waals surface area contributed by atoms with Crippen molar-refractivity contribution in [2.45, 2.75) is 17.4 Å². The minimum Gasteiger partial charge on any atom is -0.369 e. The number of nitrogens with one attached hydrogen (secondary N) is 2. The highest BCUT2D eigenvalue weighted by atomic mass is 35.5. The quantitative estimate of drug-likeness (QED) is 0.843. The largest absolute Gasteiger partial charge is 0.369 e. The lowest BCUT2D eigenvalue weighted by molar-refractivity contribution is 0.601. The van der Waals surface area contributed by atoms with E-state index in [-0.39, 0.29) is 4.90 Å². The zero-order valence-corrected chi connectivity index (χ0v) is 14.9. The van der Waals surface area contributed by atoms with E-state index in [9.17, 15) is 8.42 Å². The average Bonchev–Trinajstić information content (AvgIpc) is 3.19. The standard InChI is InChI=1S/C14H17ClN4O2S2/c1-19(10-4-5-16-9-10)13-3-2-11(8-12(13)15)23(20,21)18-14-17-6-7-22-14/h2-3,6-8,10,16H,4-5,9H2,1H3,(H,17,18). The zero-order valence-electron chi connectivity index (χ0n) is 12.5. The molecule has 1 atom stereocenters. The van der Waals surface area contributed by atoms with Crippen LogP contribution in [0.25, 0.3) is 0 Å². The molecular weight excluding hydrogens is 356 g/mol. The monoisotopic (exact) mass is 372 g/mol. The summed E-state index contributed by atoms with van der Waals surface area (Å²) >= 11 is 7.55. The number of aromatic nitrogens is 1.